The number of benzene rings is 1. The van der Waals surface area contributed by atoms with Crippen LogP contribution in [0.5, 0.6) is 0 Å². The maximum absolute atomic E-state index is 11.9. The molecule has 0 radical (unpaired) electrons. The van der Waals surface area contributed by atoms with E-state index < -0.39 is 12.2 Å². The van der Waals surface area contributed by atoms with Crippen LogP contribution in [-0.4, -0.2) is 36.3 Å². The van der Waals surface area contributed by atoms with Crippen LogP contribution in [0.3, 0.4) is 0 Å². The van der Waals surface area contributed by atoms with Gasteiger partial charge < -0.3 is 20.9 Å². The maximum Gasteiger partial charge on any atom is 0.249 e. The highest BCUT2D eigenvalue weighted by atomic mass is 35.5. The molecule has 1 aromatic rings. The van der Waals surface area contributed by atoms with Crippen LogP contribution in [-0.2, 0) is 9.53 Å². The second kappa shape index (κ2) is 8.91. The van der Waals surface area contributed by atoms with Crippen molar-refractivity contribution in [3.8, 4) is 0 Å². The SMILES string of the molecule is Cl.NC[C@H]1CC[C@@H](C(=O)NCC(O)c2cc(Cl)cc(Cl)c2)O1. The molecule has 0 bridgehead atoms. The molecule has 1 aromatic carbocycles. The van der Waals surface area contributed by atoms with Gasteiger partial charge in [-0.3, -0.25) is 4.79 Å². The number of aliphatic hydroxyl groups excluding tert-OH is 1. The summed E-state index contributed by atoms with van der Waals surface area (Å²) in [6, 6.07) is 4.80. The largest absolute Gasteiger partial charge is 0.387 e. The van der Waals surface area contributed by atoms with Gasteiger partial charge in [0.15, 0.2) is 0 Å². The standard InChI is InChI=1S/C14H18Cl2N2O3.ClH/c15-9-3-8(4-10(16)5-9)12(19)7-18-14(20)13-2-1-11(6-17)21-13;/h3-5,11-13,19H,1-2,6-7,17H2,(H,18,20);1H/t11-,12?,13+;/m1./s1. The van der Waals surface area contributed by atoms with Crippen molar-refractivity contribution in [1.29, 1.82) is 0 Å². The monoisotopic (exact) mass is 368 g/mol. The molecular formula is C14H19Cl3N2O3. The van der Waals surface area contributed by atoms with Gasteiger partial charge in [0, 0.05) is 23.1 Å². The van der Waals surface area contributed by atoms with Crippen LogP contribution in [0.1, 0.15) is 24.5 Å². The molecule has 1 amide bonds. The first-order valence-electron chi connectivity index (χ1n) is 6.77. The number of ether oxygens (including phenoxy) is 1. The second-order valence-electron chi connectivity index (χ2n) is 5.02. The Morgan fingerprint density at radius 3 is 2.55 bits per heavy atom. The summed E-state index contributed by atoms with van der Waals surface area (Å²) >= 11 is 11.8. The van der Waals surface area contributed by atoms with Gasteiger partial charge in [-0.2, -0.15) is 0 Å². The lowest BCUT2D eigenvalue weighted by Gasteiger charge is -2.16. The summed E-state index contributed by atoms with van der Waals surface area (Å²) in [5, 5.41) is 13.6. The van der Waals surface area contributed by atoms with Crippen molar-refractivity contribution < 1.29 is 14.6 Å². The molecule has 1 heterocycles. The highest BCUT2D eigenvalue weighted by molar-refractivity contribution is 6.34. The number of nitrogens with two attached hydrogens (primary N) is 1. The highest BCUT2D eigenvalue weighted by Gasteiger charge is 2.29. The van der Waals surface area contributed by atoms with Crippen LogP contribution >= 0.6 is 35.6 Å². The quantitative estimate of drug-likeness (QED) is 0.742. The fourth-order valence-corrected chi connectivity index (χ4v) is 2.81. The minimum atomic E-state index is -0.878. The molecule has 1 aliphatic heterocycles. The summed E-state index contributed by atoms with van der Waals surface area (Å²) in [4.78, 5) is 11.9. The first kappa shape index (κ1) is 19.5. The van der Waals surface area contributed by atoms with E-state index in [9.17, 15) is 9.90 Å². The number of nitrogens with one attached hydrogen (secondary N) is 1. The molecule has 22 heavy (non-hydrogen) atoms. The van der Waals surface area contributed by atoms with Crippen LogP contribution in [0.15, 0.2) is 18.2 Å². The zero-order valence-corrected chi connectivity index (χ0v) is 14.1. The number of carbonyl (C=O) groups is 1. The van der Waals surface area contributed by atoms with E-state index in [-0.39, 0.29) is 31.0 Å². The van der Waals surface area contributed by atoms with Gasteiger partial charge in [0.05, 0.1) is 12.2 Å². The van der Waals surface area contributed by atoms with Gasteiger partial charge in [-0.1, -0.05) is 23.2 Å². The third-order valence-corrected chi connectivity index (χ3v) is 3.84. The lowest BCUT2D eigenvalue weighted by molar-refractivity contribution is -0.132. The Morgan fingerprint density at radius 2 is 2.00 bits per heavy atom. The Hall–Kier alpha value is -0.560. The fraction of sp³-hybridized carbons (Fsp3) is 0.500. The first-order valence-corrected chi connectivity index (χ1v) is 7.52. The molecule has 4 N–H and O–H groups in total. The lowest BCUT2D eigenvalue weighted by atomic mass is 10.1. The minimum absolute atomic E-state index is 0. The van der Waals surface area contributed by atoms with Gasteiger partial charge in [0.25, 0.3) is 0 Å². The van der Waals surface area contributed by atoms with Gasteiger partial charge in [-0.15, -0.1) is 12.4 Å². The van der Waals surface area contributed by atoms with E-state index in [4.69, 9.17) is 33.7 Å². The van der Waals surface area contributed by atoms with Gasteiger partial charge >= 0.3 is 0 Å². The van der Waals surface area contributed by atoms with Crippen LogP contribution in [0, 0.1) is 0 Å². The third kappa shape index (κ3) is 5.26. The number of rotatable bonds is 5. The second-order valence-corrected chi connectivity index (χ2v) is 5.90. The Morgan fingerprint density at radius 1 is 1.36 bits per heavy atom. The van der Waals surface area contributed by atoms with Crippen LogP contribution < -0.4 is 11.1 Å². The van der Waals surface area contributed by atoms with Crippen LogP contribution in [0.4, 0.5) is 0 Å². The molecule has 1 fully saturated rings. The number of hydrogen-bond acceptors (Lipinski definition) is 4. The van der Waals surface area contributed by atoms with E-state index in [1.165, 1.54) is 0 Å². The minimum Gasteiger partial charge on any atom is -0.387 e. The molecule has 1 unspecified atom stereocenters. The Balaban J connectivity index is 0.00000242. The molecule has 124 valence electrons. The predicted molar refractivity (Wildman–Crippen MR) is 88.6 cm³/mol. The van der Waals surface area contributed by atoms with Crippen molar-refractivity contribution in [1.82, 2.24) is 5.32 Å². The zero-order chi connectivity index (χ0) is 15.4. The van der Waals surface area contributed by atoms with E-state index in [1.54, 1.807) is 18.2 Å². The summed E-state index contributed by atoms with van der Waals surface area (Å²) < 4.78 is 5.49. The van der Waals surface area contributed by atoms with Crippen molar-refractivity contribution in [2.24, 2.45) is 5.73 Å². The van der Waals surface area contributed by atoms with Crippen molar-refractivity contribution in [2.45, 2.75) is 31.2 Å². The van der Waals surface area contributed by atoms with E-state index in [2.05, 4.69) is 5.32 Å². The number of hydrogen-bond donors (Lipinski definition) is 3. The van der Waals surface area contributed by atoms with Gasteiger partial charge in [0.1, 0.15) is 6.10 Å². The summed E-state index contributed by atoms with van der Waals surface area (Å²) in [7, 11) is 0. The van der Waals surface area contributed by atoms with Crippen molar-refractivity contribution in [2.75, 3.05) is 13.1 Å². The molecule has 3 atom stereocenters. The molecule has 1 aliphatic rings. The van der Waals surface area contributed by atoms with E-state index >= 15 is 0 Å². The van der Waals surface area contributed by atoms with Gasteiger partial charge in [-0.05, 0) is 36.6 Å². The van der Waals surface area contributed by atoms with E-state index in [1.807, 2.05) is 0 Å². The van der Waals surface area contributed by atoms with Crippen molar-refractivity contribution >= 4 is 41.5 Å². The fourth-order valence-electron chi connectivity index (χ4n) is 2.27. The smallest absolute Gasteiger partial charge is 0.249 e. The Kier molecular flexibility index (Phi) is 7.89. The summed E-state index contributed by atoms with van der Waals surface area (Å²) in [6.07, 6.45) is -0.00337. The third-order valence-electron chi connectivity index (χ3n) is 3.40. The molecule has 2 rings (SSSR count). The topological polar surface area (TPSA) is 84.6 Å². The Bertz CT molecular complexity index is 496. The number of amides is 1. The number of aliphatic hydroxyl groups is 1. The average molecular weight is 370 g/mol. The maximum atomic E-state index is 11.9. The zero-order valence-electron chi connectivity index (χ0n) is 11.8. The van der Waals surface area contributed by atoms with Crippen molar-refractivity contribution in [3.05, 3.63) is 33.8 Å². The van der Waals surface area contributed by atoms with Gasteiger partial charge in [-0.25, -0.2) is 0 Å². The number of carbonyl (C=O) groups excluding carboxylic acids is 1. The molecule has 0 aliphatic carbocycles. The van der Waals surface area contributed by atoms with E-state index in [0.717, 1.165) is 6.42 Å². The number of halogens is 3. The average Bonchev–Trinajstić information content (AvgIpc) is 2.92. The molecule has 8 heteroatoms. The van der Waals surface area contributed by atoms with Gasteiger partial charge in [0.2, 0.25) is 5.91 Å². The predicted octanol–water partition coefficient (Wildman–Crippen LogP) is 2.07. The lowest BCUT2D eigenvalue weighted by Crippen LogP contribution is -2.37. The van der Waals surface area contributed by atoms with E-state index in [0.29, 0.717) is 28.6 Å². The Labute approximate surface area is 145 Å². The van der Waals surface area contributed by atoms with Crippen LogP contribution in [0.2, 0.25) is 10.0 Å². The van der Waals surface area contributed by atoms with Crippen LogP contribution in [0.25, 0.3) is 0 Å². The molecule has 0 aromatic heterocycles. The van der Waals surface area contributed by atoms with Crippen molar-refractivity contribution in [3.63, 3.8) is 0 Å². The molecule has 1 saturated heterocycles. The molecule has 0 spiro atoms. The normalized spacial score (nSPS) is 22.0. The summed E-state index contributed by atoms with van der Waals surface area (Å²) in [5.74, 6) is -0.238. The summed E-state index contributed by atoms with van der Waals surface area (Å²) in [6.45, 7) is 0.482. The highest BCUT2D eigenvalue weighted by Crippen LogP contribution is 2.23. The summed E-state index contributed by atoms with van der Waals surface area (Å²) in [5.41, 5.74) is 6.06. The first-order chi connectivity index (χ1) is 9.99. The molecular weight excluding hydrogens is 351 g/mol. The molecule has 5 nitrogen and oxygen atoms in total. The molecule has 0 saturated carbocycles.